The third-order valence-electron chi connectivity index (χ3n) is 4.12. The van der Waals surface area contributed by atoms with Crippen LogP contribution in [0.15, 0.2) is 48.5 Å². The van der Waals surface area contributed by atoms with Crippen molar-refractivity contribution in [2.24, 2.45) is 0 Å². The van der Waals surface area contributed by atoms with E-state index in [0.29, 0.717) is 11.1 Å². The highest BCUT2D eigenvalue weighted by molar-refractivity contribution is 6.25. The summed E-state index contributed by atoms with van der Waals surface area (Å²) in [5.41, 5.74) is 0.950. The zero-order valence-electron chi connectivity index (χ0n) is 11.5. The Morgan fingerprint density at radius 3 is 2.05 bits per heavy atom. The number of fused-ring (bicyclic) bond motifs is 6. The molecule has 0 aliphatic carbocycles. The third kappa shape index (κ3) is 1.51. The highest BCUT2D eigenvalue weighted by atomic mass is 16.2. The van der Waals surface area contributed by atoms with E-state index in [4.69, 9.17) is 0 Å². The van der Waals surface area contributed by atoms with Gasteiger partial charge in [-0.2, -0.15) is 5.26 Å². The molecule has 0 spiro atoms. The van der Waals surface area contributed by atoms with Gasteiger partial charge in [-0.15, -0.1) is 0 Å². The van der Waals surface area contributed by atoms with E-state index in [1.54, 1.807) is 0 Å². The van der Waals surface area contributed by atoms with Gasteiger partial charge in [-0.1, -0.05) is 48.5 Å². The Morgan fingerprint density at radius 1 is 0.864 bits per heavy atom. The number of rotatable bonds is 0. The van der Waals surface area contributed by atoms with Gasteiger partial charge in [0.15, 0.2) is 5.92 Å². The van der Waals surface area contributed by atoms with Gasteiger partial charge in [0.1, 0.15) is 0 Å². The molecule has 1 aliphatic heterocycles. The number of carbonyl (C=O) groups excluding carboxylic acids is 2. The van der Waals surface area contributed by atoms with Crippen LogP contribution in [0.25, 0.3) is 21.5 Å². The topological polar surface area (TPSA) is 70.0 Å². The number of hydrogen-bond donors (Lipinski definition) is 1. The van der Waals surface area contributed by atoms with Crippen molar-refractivity contribution in [1.82, 2.24) is 5.32 Å². The van der Waals surface area contributed by atoms with Crippen LogP contribution < -0.4 is 5.32 Å². The summed E-state index contributed by atoms with van der Waals surface area (Å²) in [7, 11) is 0. The minimum absolute atomic E-state index is 0.431. The average molecular weight is 286 g/mol. The highest BCUT2D eigenvalue weighted by Gasteiger charge is 2.35. The Bertz CT molecular complexity index is 1010. The molecule has 4 rings (SSSR count). The molecule has 4 heteroatoms. The number of benzene rings is 3. The fourth-order valence-electron chi connectivity index (χ4n) is 3.21. The maximum atomic E-state index is 12.4. The molecular formula is C18H10N2O2. The molecule has 0 aromatic heterocycles. The molecule has 1 atom stereocenters. The van der Waals surface area contributed by atoms with E-state index in [1.165, 1.54) is 0 Å². The normalized spacial score (nSPS) is 17.1. The van der Waals surface area contributed by atoms with Crippen LogP contribution in [0, 0.1) is 11.3 Å². The Labute approximate surface area is 126 Å². The fraction of sp³-hybridized carbons (Fsp3) is 0.0556. The smallest absolute Gasteiger partial charge is 0.258 e. The minimum atomic E-state index is -0.970. The number of amides is 2. The van der Waals surface area contributed by atoms with Crippen LogP contribution in [0.2, 0.25) is 0 Å². The van der Waals surface area contributed by atoms with Crippen molar-refractivity contribution in [3.8, 4) is 6.07 Å². The van der Waals surface area contributed by atoms with E-state index in [-0.39, 0.29) is 0 Å². The lowest BCUT2D eigenvalue weighted by Crippen LogP contribution is -2.40. The van der Waals surface area contributed by atoms with Gasteiger partial charge in [-0.25, -0.2) is 0 Å². The molecule has 0 bridgehead atoms. The summed E-state index contributed by atoms with van der Waals surface area (Å²) >= 11 is 0. The second-order valence-electron chi connectivity index (χ2n) is 5.26. The molecule has 1 unspecified atom stereocenters. The maximum Gasteiger partial charge on any atom is 0.258 e. The van der Waals surface area contributed by atoms with Gasteiger partial charge >= 0.3 is 0 Å². The van der Waals surface area contributed by atoms with Crippen molar-refractivity contribution < 1.29 is 9.59 Å². The van der Waals surface area contributed by atoms with Crippen LogP contribution in [0.5, 0.6) is 0 Å². The minimum Gasteiger partial charge on any atom is -0.291 e. The second kappa shape index (κ2) is 4.40. The molecule has 1 N–H and O–H groups in total. The Morgan fingerprint density at radius 2 is 1.41 bits per heavy atom. The van der Waals surface area contributed by atoms with Gasteiger partial charge in [-0.3, -0.25) is 14.9 Å². The summed E-state index contributed by atoms with van der Waals surface area (Å²) in [6.07, 6.45) is 0. The van der Waals surface area contributed by atoms with E-state index in [1.807, 2.05) is 54.6 Å². The summed E-state index contributed by atoms with van der Waals surface area (Å²) in [5, 5.41) is 15.1. The number of hydrogen-bond acceptors (Lipinski definition) is 3. The first-order valence-electron chi connectivity index (χ1n) is 6.90. The standard InChI is InChI=1S/C18H10N2O2/c19-9-14-15-12-7-3-1-5-10(12)11-6-2-4-8-13(11)16(15)18(22)20-17(14)21/h1-8,14H,(H,20,21,22). The van der Waals surface area contributed by atoms with Crippen LogP contribution in [0.3, 0.4) is 0 Å². The predicted molar refractivity (Wildman–Crippen MR) is 82.3 cm³/mol. The van der Waals surface area contributed by atoms with Gasteiger partial charge in [-0.05, 0) is 27.1 Å². The van der Waals surface area contributed by atoms with E-state index < -0.39 is 17.7 Å². The van der Waals surface area contributed by atoms with E-state index >= 15 is 0 Å². The van der Waals surface area contributed by atoms with Crippen molar-refractivity contribution in [3.05, 3.63) is 59.7 Å². The maximum absolute atomic E-state index is 12.4. The number of nitriles is 1. The van der Waals surface area contributed by atoms with Gasteiger partial charge in [0.2, 0.25) is 5.91 Å². The molecule has 3 aromatic rings. The van der Waals surface area contributed by atoms with Crippen LogP contribution in [-0.4, -0.2) is 11.8 Å². The molecule has 0 saturated carbocycles. The first-order chi connectivity index (χ1) is 10.7. The lowest BCUT2D eigenvalue weighted by Gasteiger charge is -2.23. The number of carbonyl (C=O) groups is 2. The predicted octanol–water partition coefficient (Wildman–Crippen LogP) is 2.87. The van der Waals surface area contributed by atoms with E-state index in [9.17, 15) is 14.9 Å². The monoisotopic (exact) mass is 286 g/mol. The molecule has 22 heavy (non-hydrogen) atoms. The van der Waals surface area contributed by atoms with Crippen LogP contribution in [-0.2, 0) is 4.79 Å². The SMILES string of the molecule is N#CC1C(=O)NC(=O)c2c1c1ccccc1c1ccccc21. The molecule has 4 nitrogen and oxygen atoms in total. The van der Waals surface area contributed by atoms with E-state index in [2.05, 4.69) is 5.32 Å². The Hall–Kier alpha value is -3.19. The summed E-state index contributed by atoms with van der Waals surface area (Å²) < 4.78 is 0. The lowest BCUT2D eigenvalue weighted by molar-refractivity contribution is -0.120. The summed E-state index contributed by atoms with van der Waals surface area (Å²) in [4.78, 5) is 24.4. The molecular weight excluding hydrogens is 276 g/mol. The first-order valence-corrected chi connectivity index (χ1v) is 6.90. The number of nitrogens with zero attached hydrogens (tertiary/aromatic N) is 1. The number of imide groups is 1. The lowest BCUT2D eigenvalue weighted by atomic mass is 9.82. The molecule has 2 amide bonds. The Kier molecular flexibility index (Phi) is 2.51. The zero-order valence-corrected chi connectivity index (χ0v) is 11.5. The highest BCUT2D eigenvalue weighted by Crippen LogP contribution is 2.38. The Balaban J connectivity index is 2.32. The van der Waals surface area contributed by atoms with Crippen molar-refractivity contribution in [3.63, 3.8) is 0 Å². The molecule has 3 aromatic carbocycles. The van der Waals surface area contributed by atoms with Gasteiger partial charge in [0, 0.05) is 0 Å². The first kappa shape index (κ1) is 12.5. The quantitative estimate of drug-likeness (QED) is 0.510. The third-order valence-corrected chi connectivity index (χ3v) is 4.12. The average Bonchev–Trinajstić information content (AvgIpc) is 2.55. The molecule has 0 fully saturated rings. The van der Waals surface area contributed by atoms with Crippen molar-refractivity contribution >= 4 is 33.4 Å². The molecule has 1 aliphatic rings. The van der Waals surface area contributed by atoms with E-state index in [0.717, 1.165) is 21.5 Å². The molecule has 0 saturated heterocycles. The fourth-order valence-corrected chi connectivity index (χ4v) is 3.21. The summed E-state index contributed by atoms with van der Waals surface area (Å²) in [6.45, 7) is 0. The molecule has 0 radical (unpaired) electrons. The van der Waals surface area contributed by atoms with Crippen molar-refractivity contribution in [2.45, 2.75) is 5.92 Å². The van der Waals surface area contributed by atoms with Crippen LogP contribution in [0.4, 0.5) is 0 Å². The largest absolute Gasteiger partial charge is 0.291 e. The second-order valence-corrected chi connectivity index (χ2v) is 5.26. The zero-order chi connectivity index (χ0) is 15.3. The molecule has 1 heterocycles. The molecule has 104 valence electrons. The van der Waals surface area contributed by atoms with Crippen molar-refractivity contribution in [2.75, 3.05) is 0 Å². The summed E-state index contributed by atoms with van der Waals surface area (Å²) in [5.74, 6) is -1.96. The van der Waals surface area contributed by atoms with Gasteiger partial charge < -0.3 is 0 Å². The van der Waals surface area contributed by atoms with Crippen molar-refractivity contribution in [1.29, 1.82) is 5.26 Å². The van der Waals surface area contributed by atoms with Crippen LogP contribution >= 0.6 is 0 Å². The summed E-state index contributed by atoms with van der Waals surface area (Å²) in [6, 6.07) is 17.1. The van der Waals surface area contributed by atoms with Crippen LogP contribution in [0.1, 0.15) is 21.8 Å². The van der Waals surface area contributed by atoms with Gasteiger partial charge in [0.05, 0.1) is 11.6 Å². The number of nitrogens with one attached hydrogen (secondary N) is 1. The van der Waals surface area contributed by atoms with Gasteiger partial charge in [0.25, 0.3) is 5.91 Å².